The summed E-state index contributed by atoms with van der Waals surface area (Å²) >= 11 is 0. The van der Waals surface area contributed by atoms with Gasteiger partial charge in [-0.3, -0.25) is 9.69 Å². The zero-order chi connectivity index (χ0) is 16.4. The van der Waals surface area contributed by atoms with Gasteiger partial charge in [0.15, 0.2) is 0 Å². The number of hydrogen-bond donors (Lipinski definition) is 1. The molecule has 2 aliphatic carbocycles. The molecule has 1 saturated heterocycles. The van der Waals surface area contributed by atoms with Crippen molar-refractivity contribution in [1.29, 1.82) is 0 Å². The molecule has 2 saturated carbocycles. The first-order chi connectivity index (χ1) is 11.8. The smallest absolute Gasteiger partial charge is 0.227 e. The summed E-state index contributed by atoms with van der Waals surface area (Å²) in [5.74, 6) is 1.38. The number of carbonyl (C=O) groups excluding carboxylic acids is 1. The van der Waals surface area contributed by atoms with Gasteiger partial charge in [-0.25, -0.2) is 4.98 Å². The summed E-state index contributed by atoms with van der Waals surface area (Å²) in [5.41, 5.74) is 0.884. The number of carbonyl (C=O) groups is 1. The first kappa shape index (κ1) is 15.9. The largest absolute Gasteiger partial charge is 0.354 e. The van der Waals surface area contributed by atoms with Gasteiger partial charge in [0.1, 0.15) is 5.82 Å². The number of amides is 1. The average Bonchev–Trinajstić information content (AvgIpc) is 3.08. The summed E-state index contributed by atoms with van der Waals surface area (Å²) in [4.78, 5) is 21.7. The quantitative estimate of drug-likeness (QED) is 0.923. The van der Waals surface area contributed by atoms with Gasteiger partial charge in [0.05, 0.1) is 0 Å². The van der Waals surface area contributed by atoms with E-state index < -0.39 is 0 Å². The van der Waals surface area contributed by atoms with E-state index in [9.17, 15) is 4.79 Å². The number of aromatic nitrogens is 1. The molecule has 1 aliphatic heterocycles. The van der Waals surface area contributed by atoms with E-state index in [-0.39, 0.29) is 11.8 Å². The lowest BCUT2D eigenvalue weighted by atomic mass is 9.85. The maximum atomic E-state index is 12.1. The Kier molecular flexibility index (Phi) is 4.69. The monoisotopic (exact) mass is 328 g/mol. The Hall–Kier alpha value is -1.62. The second-order valence-corrected chi connectivity index (χ2v) is 7.48. The lowest BCUT2D eigenvalue weighted by molar-refractivity contribution is -0.122. The minimum atomic E-state index is 0.171. The molecule has 5 nitrogen and oxygen atoms in total. The number of anilines is 2. The van der Waals surface area contributed by atoms with Gasteiger partial charge < -0.3 is 10.2 Å². The number of hydrogen-bond acceptors (Lipinski definition) is 4. The third-order valence-corrected chi connectivity index (χ3v) is 5.97. The fourth-order valence-corrected chi connectivity index (χ4v) is 4.17. The second-order valence-electron chi connectivity index (χ2n) is 7.48. The summed E-state index contributed by atoms with van der Waals surface area (Å²) in [5, 5.41) is 3.06. The van der Waals surface area contributed by atoms with Gasteiger partial charge in [-0.05, 0) is 31.7 Å². The van der Waals surface area contributed by atoms with Crippen molar-refractivity contribution < 1.29 is 4.79 Å². The van der Waals surface area contributed by atoms with E-state index in [1.807, 2.05) is 18.3 Å². The standard InChI is InChI=1S/C19H28N4O/c24-19(15-4-3-5-15)21-16-8-9-20-18(14-16)23-12-10-22(11-13-23)17-6-1-2-7-17/h8-9,14-15,17H,1-7,10-13H2,(H,20,21,24). The molecule has 24 heavy (non-hydrogen) atoms. The molecule has 4 rings (SSSR count). The highest BCUT2D eigenvalue weighted by Gasteiger charge is 2.27. The highest BCUT2D eigenvalue weighted by atomic mass is 16.1. The van der Waals surface area contributed by atoms with E-state index in [1.54, 1.807) is 0 Å². The van der Waals surface area contributed by atoms with Crippen molar-refractivity contribution in [3.63, 3.8) is 0 Å². The van der Waals surface area contributed by atoms with Crippen LogP contribution < -0.4 is 10.2 Å². The number of rotatable bonds is 4. The molecule has 3 aliphatic rings. The molecule has 1 aromatic heterocycles. The molecule has 0 spiro atoms. The van der Waals surface area contributed by atoms with Gasteiger partial charge in [-0.1, -0.05) is 19.3 Å². The van der Waals surface area contributed by atoms with Crippen molar-refractivity contribution in [2.24, 2.45) is 5.92 Å². The minimum absolute atomic E-state index is 0.171. The molecular formula is C19H28N4O. The lowest BCUT2D eigenvalue weighted by Crippen LogP contribution is -2.50. The summed E-state index contributed by atoms with van der Waals surface area (Å²) in [7, 11) is 0. The van der Waals surface area contributed by atoms with Crippen LogP contribution in [0.15, 0.2) is 18.3 Å². The zero-order valence-electron chi connectivity index (χ0n) is 14.4. The van der Waals surface area contributed by atoms with E-state index in [1.165, 1.54) is 32.1 Å². The fraction of sp³-hybridized carbons (Fsp3) is 0.684. The van der Waals surface area contributed by atoms with Crippen LogP contribution >= 0.6 is 0 Å². The van der Waals surface area contributed by atoms with Crippen LogP contribution in [0.1, 0.15) is 44.9 Å². The molecule has 1 N–H and O–H groups in total. The first-order valence-corrected chi connectivity index (χ1v) is 9.55. The molecule has 0 bridgehead atoms. The van der Waals surface area contributed by atoms with Gasteiger partial charge in [0.2, 0.25) is 5.91 Å². The van der Waals surface area contributed by atoms with Gasteiger partial charge >= 0.3 is 0 Å². The maximum absolute atomic E-state index is 12.1. The second kappa shape index (κ2) is 7.09. The van der Waals surface area contributed by atoms with Crippen LogP contribution in [0.3, 0.4) is 0 Å². The van der Waals surface area contributed by atoms with Gasteiger partial charge in [0, 0.05) is 56.1 Å². The molecule has 2 heterocycles. The lowest BCUT2D eigenvalue weighted by Gasteiger charge is -2.38. The number of nitrogens with zero attached hydrogens (tertiary/aromatic N) is 3. The Bertz CT molecular complexity index is 572. The molecule has 1 aromatic rings. The predicted octanol–water partition coefficient (Wildman–Crippen LogP) is 2.88. The minimum Gasteiger partial charge on any atom is -0.354 e. The van der Waals surface area contributed by atoms with Crippen LogP contribution in [0.25, 0.3) is 0 Å². The Morgan fingerprint density at radius 3 is 2.46 bits per heavy atom. The van der Waals surface area contributed by atoms with Crippen LogP contribution in [0.2, 0.25) is 0 Å². The third kappa shape index (κ3) is 3.41. The molecule has 0 radical (unpaired) electrons. The summed E-state index contributed by atoms with van der Waals surface area (Å²) in [6, 6.07) is 4.74. The van der Waals surface area contributed by atoms with E-state index in [0.717, 1.165) is 56.6 Å². The Morgan fingerprint density at radius 1 is 1.04 bits per heavy atom. The fourth-order valence-electron chi connectivity index (χ4n) is 4.17. The Balaban J connectivity index is 1.34. The molecular weight excluding hydrogens is 300 g/mol. The number of nitrogens with one attached hydrogen (secondary N) is 1. The van der Waals surface area contributed by atoms with Crippen molar-refractivity contribution >= 4 is 17.4 Å². The molecule has 1 amide bonds. The zero-order valence-corrected chi connectivity index (χ0v) is 14.4. The summed E-state index contributed by atoms with van der Waals surface area (Å²) in [6.45, 7) is 4.32. The van der Waals surface area contributed by atoms with E-state index in [2.05, 4.69) is 20.1 Å². The Labute approximate surface area is 144 Å². The van der Waals surface area contributed by atoms with Crippen molar-refractivity contribution in [2.75, 3.05) is 36.4 Å². The highest BCUT2D eigenvalue weighted by Crippen LogP contribution is 2.28. The number of pyridine rings is 1. The van der Waals surface area contributed by atoms with Crippen molar-refractivity contribution in [1.82, 2.24) is 9.88 Å². The predicted molar refractivity (Wildman–Crippen MR) is 96.2 cm³/mol. The van der Waals surface area contributed by atoms with Crippen LogP contribution in [-0.4, -0.2) is 48.0 Å². The van der Waals surface area contributed by atoms with E-state index >= 15 is 0 Å². The molecule has 3 fully saturated rings. The van der Waals surface area contributed by atoms with Crippen LogP contribution in [0, 0.1) is 5.92 Å². The highest BCUT2D eigenvalue weighted by molar-refractivity contribution is 5.93. The molecule has 5 heteroatoms. The topological polar surface area (TPSA) is 48.5 Å². The summed E-state index contributed by atoms with van der Waals surface area (Å²) in [6.07, 6.45) is 10.6. The van der Waals surface area contributed by atoms with E-state index in [0.29, 0.717) is 0 Å². The molecule has 130 valence electrons. The molecule has 0 aromatic carbocycles. The van der Waals surface area contributed by atoms with Crippen LogP contribution in [-0.2, 0) is 4.79 Å². The van der Waals surface area contributed by atoms with Gasteiger partial charge in [-0.15, -0.1) is 0 Å². The van der Waals surface area contributed by atoms with Crippen molar-refractivity contribution in [3.05, 3.63) is 18.3 Å². The third-order valence-electron chi connectivity index (χ3n) is 5.97. The van der Waals surface area contributed by atoms with Crippen molar-refractivity contribution in [2.45, 2.75) is 51.0 Å². The van der Waals surface area contributed by atoms with Crippen LogP contribution in [0.5, 0.6) is 0 Å². The van der Waals surface area contributed by atoms with Gasteiger partial charge in [-0.2, -0.15) is 0 Å². The molecule has 0 atom stereocenters. The van der Waals surface area contributed by atoms with E-state index in [4.69, 9.17) is 0 Å². The first-order valence-electron chi connectivity index (χ1n) is 9.55. The number of piperazine rings is 1. The van der Waals surface area contributed by atoms with Gasteiger partial charge in [0.25, 0.3) is 0 Å². The molecule has 0 unspecified atom stereocenters. The SMILES string of the molecule is O=C(Nc1ccnc(N2CCN(C3CCCC3)CC2)c1)C1CCC1. The average molecular weight is 328 g/mol. The summed E-state index contributed by atoms with van der Waals surface area (Å²) < 4.78 is 0. The van der Waals surface area contributed by atoms with Crippen molar-refractivity contribution in [3.8, 4) is 0 Å². The normalized spacial score (nSPS) is 23.2. The maximum Gasteiger partial charge on any atom is 0.227 e. The Morgan fingerprint density at radius 2 is 1.79 bits per heavy atom. The van der Waals surface area contributed by atoms with Crippen LogP contribution in [0.4, 0.5) is 11.5 Å².